The summed E-state index contributed by atoms with van der Waals surface area (Å²) in [7, 11) is -3.04. The van der Waals surface area contributed by atoms with Crippen molar-refractivity contribution < 1.29 is 17.8 Å². The quantitative estimate of drug-likeness (QED) is 0.109. The number of furan rings is 3. The minimum absolute atomic E-state index is 0.703. The Morgan fingerprint density at radius 2 is 0.533 bits per heavy atom. The zero-order valence-corrected chi connectivity index (χ0v) is 66.5. The van der Waals surface area contributed by atoms with E-state index in [1.54, 1.807) is 0 Å². The van der Waals surface area contributed by atoms with Gasteiger partial charge in [-0.1, -0.05) is 340 Å². The van der Waals surface area contributed by atoms with Crippen LogP contribution in [0.1, 0.15) is 0 Å². The average Bonchev–Trinajstić information content (AvgIpc) is 1.54. The van der Waals surface area contributed by atoms with Gasteiger partial charge in [0.2, 0.25) is 0 Å². The molecule has 0 saturated heterocycles. The first kappa shape index (κ1) is 72.4. The number of rotatable bonds is 12. The molecule has 0 spiro atoms. The summed E-state index contributed by atoms with van der Waals surface area (Å²) in [6, 6.07) is 143. The van der Waals surface area contributed by atoms with Crippen molar-refractivity contribution in [2.45, 2.75) is 0 Å². The zero-order chi connectivity index (χ0) is 81.0. The average molecular weight is 1580 g/mol. The van der Waals surface area contributed by atoms with Crippen LogP contribution in [0, 0.1) is 0 Å². The number of pyridine rings is 3. The molecular formula is C110H70N7O4P. The van der Waals surface area contributed by atoms with Gasteiger partial charge in [-0.15, -0.1) is 0 Å². The highest BCUT2D eigenvalue weighted by Crippen LogP contribution is 2.47. The molecule has 8 aromatic heterocycles. The third-order valence-electron chi connectivity index (χ3n) is 22.9. The number of nitrogens with zero attached hydrogens (tertiary/aromatic N) is 7. The number of benzene rings is 16. The molecule has 11 nitrogen and oxygen atoms in total. The molecule has 0 aliphatic heterocycles. The summed E-state index contributed by atoms with van der Waals surface area (Å²) in [5, 5.41) is 11.7. The van der Waals surface area contributed by atoms with Gasteiger partial charge >= 0.3 is 0 Å². The third kappa shape index (κ3) is 13.0. The fraction of sp³-hybridized carbons (Fsp3) is 0. The number of hydrogen-bond donors (Lipinski definition) is 0. The van der Waals surface area contributed by atoms with E-state index in [9.17, 15) is 4.57 Å². The van der Waals surface area contributed by atoms with Crippen LogP contribution in [0.25, 0.3) is 205 Å². The van der Waals surface area contributed by atoms with Crippen LogP contribution in [-0.4, -0.2) is 34.5 Å². The molecule has 0 amide bonds. The van der Waals surface area contributed by atoms with Crippen LogP contribution in [0.2, 0.25) is 0 Å². The second-order valence-corrected chi connectivity index (χ2v) is 33.0. The van der Waals surface area contributed by atoms with Gasteiger partial charge in [-0.3, -0.25) is 4.57 Å². The Labute approximate surface area is 700 Å². The van der Waals surface area contributed by atoms with E-state index in [1.807, 2.05) is 249 Å². The van der Waals surface area contributed by atoms with Gasteiger partial charge in [0.1, 0.15) is 39.3 Å². The second kappa shape index (κ2) is 30.8. The first-order valence-corrected chi connectivity index (χ1v) is 42.3. The normalized spacial score (nSPS) is 11.6. The molecule has 0 bridgehead atoms. The first-order chi connectivity index (χ1) is 60.4. The van der Waals surface area contributed by atoms with E-state index in [-0.39, 0.29) is 0 Å². The molecule has 16 aromatic carbocycles. The van der Waals surface area contributed by atoms with Crippen molar-refractivity contribution in [3.63, 3.8) is 0 Å². The third-order valence-corrected chi connectivity index (χ3v) is 26.0. The summed E-state index contributed by atoms with van der Waals surface area (Å²) in [5.74, 6) is 1.64. The highest BCUT2D eigenvalue weighted by Gasteiger charge is 2.31. The zero-order valence-electron chi connectivity index (χ0n) is 65.6. The summed E-state index contributed by atoms with van der Waals surface area (Å²) < 4.78 is 36.1. The highest BCUT2D eigenvalue weighted by atomic mass is 31.2. The number of hydrogen-bond acceptors (Lipinski definition) is 10. The van der Waals surface area contributed by atoms with E-state index < -0.39 is 7.14 Å². The Morgan fingerprint density at radius 3 is 0.959 bits per heavy atom. The summed E-state index contributed by atoms with van der Waals surface area (Å²) >= 11 is 0. The van der Waals surface area contributed by atoms with Crippen molar-refractivity contribution in [3.05, 3.63) is 425 Å². The van der Waals surface area contributed by atoms with E-state index in [2.05, 4.69) is 180 Å². The summed E-state index contributed by atoms with van der Waals surface area (Å²) in [5.41, 5.74) is 25.0. The molecule has 574 valence electrons. The molecule has 24 aromatic rings. The molecule has 0 aliphatic carbocycles. The Bertz CT molecular complexity index is 8020. The topological polar surface area (TPSA) is 139 Å². The fourth-order valence-corrected chi connectivity index (χ4v) is 19.6. The standard InChI is InChI=1S/C40H25N3O.C37H23N3O.C33H22NO2P/c1-2-10-29(11-3-1)40-42-34-15-7-8-16-35(34)43(40)30-24-22-27(23-25-30)26-18-20-28(21-19-26)38-37-32-13-5-9-17-36(32)44-39(37)31-12-4-6-14-33(31)41-38;1-3-11-24(12-4-1)31-23-32(40-37(39-31)27-13-5-2-6-14-27)25-19-21-26(22-20-25)35-34-29-16-8-10-18-33(29)41-36(34)28-15-7-9-17-30(28)38-35;35-37(24-11-3-1-4-12-24,25-13-5-2-6-14-25)26-21-19-23(20-22-26)32-31-28-16-8-10-18-30(28)36-33(31)27-15-7-9-17-29(27)34-32/h1-25H;1-23H;1-22H. The maximum atomic E-state index is 14.8. The summed E-state index contributed by atoms with van der Waals surface area (Å²) in [6.07, 6.45) is 0. The Morgan fingerprint density at radius 1 is 0.230 bits per heavy atom. The fourth-order valence-electron chi connectivity index (χ4n) is 17.0. The van der Waals surface area contributed by atoms with Crippen LogP contribution in [0.4, 0.5) is 0 Å². The first-order valence-electron chi connectivity index (χ1n) is 40.6. The van der Waals surface area contributed by atoms with Crippen LogP contribution in [0.5, 0.6) is 0 Å². The van der Waals surface area contributed by atoms with E-state index in [0.717, 1.165) is 216 Å². The minimum atomic E-state index is -3.04. The van der Waals surface area contributed by atoms with E-state index in [1.165, 1.54) is 0 Å². The second-order valence-electron chi connectivity index (χ2n) is 30.2. The lowest BCUT2D eigenvalue weighted by atomic mass is 9.99. The smallest absolute Gasteiger partial charge is 0.171 e. The number of para-hydroxylation sites is 8. The van der Waals surface area contributed by atoms with Crippen molar-refractivity contribution in [2.24, 2.45) is 0 Å². The van der Waals surface area contributed by atoms with Gasteiger partial charge in [-0.2, -0.15) is 0 Å². The highest BCUT2D eigenvalue weighted by molar-refractivity contribution is 7.85. The minimum Gasteiger partial charge on any atom is -0.455 e. The van der Waals surface area contributed by atoms with Crippen molar-refractivity contribution in [1.29, 1.82) is 0 Å². The molecule has 122 heavy (non-hydrogen) atoms. The Hall–Kier alpha value is -16.1. The van der Waals surface area contributed by atoms with Gasteiger partial charge in [-0.25, -0.2) is 29.9 Å². The van der Waals surface area contributed by atoms with Gasteiger partial charge in [0.05, 0.1) is 72.2 Å². The van der Waals surface area contributed by atoms with Gasteiger partial charge in [0.15, 0.2) is 13.0 Å². The molecular weight excluding hydrogens is 1510 g/mol. The van der Waals surface area contributed by atoms with Gasteiger partial charge in [0, 0.05) is 92.9 Å². The van der Waals surface area contributed by atoms with E-state index >= 15 is 0 Å². The number of fused-ring (bicyclic) bond motifs is 16. The monoisotopic (exact) mass is 1580 g/mol. The molecule has 0 atom stereocenters. The van der Waals surface area contributed by atoms with Crippen molar-refractivity contribution >= 4 is 133 Å². The lowest BCUT2D eigenvalue weighted by Gasteiger charge is -2.20. The van der Waals surface area contributed by atoms with Gasteiger partial charge in [-0.05, 0) is 96.1 Å². The molecule has 0 radical (unpaired) electrons. The van der Waals surface area contributed by atoms with Crippen molar-refractivity contribution in [3.8, 4) is 95.9 Å². The van der Waals surface area contributed by atoms with Crippen LogP contribution in [-0.2, 0) is 4.57 Å². The summed E-state index contributed by atoms with van der Waals surface area (Å²) in [6.45, 7) is 0. The van der Waals surface area contributed by atoms with Crippen LogP contribution in [0.3, 0.4) is 0 Å². The van der Waals surface area contributed by atoms with E-state index in [0.29, 0.717) is 5.82 Å². The van der Waals surface area contributed by atoms with Crippen LogP contribution >= 0.6 is 7.14 Å². The number of imidazole rings is 1. The van der Waals surface area contributed by atoms with E-state index in [4.69, 9.17) is 43.2 Å². The Kier molecular flexibility index (Phi) is 18.3. The predicted molar refractivity (Wildman–Crippen MR) is 500 cm³/mol. The molecule has 0 saturated carbocycles. The van der Waals surface area contributed by atoms with Crippen LogP contribution in [0.15, 0.2) is 438 Å². The lowest BCUT2D eigenvalue weighted by molar-refractivity contribution is 0.592. The SMILES string of the molecule is O=P(c1ccccc1)(c1ccccc1)c1ccc(-c2nc3ccccc3c3oc4ccccc4c23)cc1.c1ccc(-c2cc(-c3ccc(-c4nc5ccccc5c5oc6ccccc6c45)cc3)nc(-c3ccccc3)n2)cc1.c1ccc(-c2nc3ccccc3n2-c2ccc(-c3ccc(-c4nc5ccccc5c5oc6ccccc6c45)cc3)cc2)cc1. The van der Waals surface area contributed by atoms with Gasteiger partial charge < -0.3 is 17.8 Å². The molecule has 0 fully saturated rings. The molecule has 24 rings (SSSR count). The largest absolute Gasteiger partial charge is 0.455 e. The molecule has 0 aliphatic rings. The van der Waals surface area contributed by atoms with Crippen molar-refractivity contribution in [1.82, 2.24) is 34.5 Å². The van der Waals surface area contributed by atoms with Crippen LogP contribution < -0.4 is 15.9 Å². The Balaban J connectivity index is 0.000000110. The lowest BCUT2D eigenvalue weighted by Crippen LogP contribution is -2.24. The van der Waals surface area contributed by atoms with Gasteiger partial charge in [0.25, 0.3) is 0 Å². The number of aromatic nitrogens is 7. The maximum absolute atomic E-state index is 14.8. The predicted octanol–water partition coefficient (Wildman–Crippen LogP) is 27.5. The molecule has 12 heteroatoms. The maximum Gasteiger partial charge on any atom is 0.171 e. The molecule has 0 unspecified atom stereocenters. The van der Waals surface area contributed by atoms with Crippen molar-refractivity contribution in [2.75, 3.05) is 0 Å². The molecule has 0 N–H and O–H groups in total. The molecule has 8 heterocycles. The summed E-state index contributed by atoms with van der Waals surface area (Å²) in [4.78, 5) is 30.2.